The summed E-state index contributed by atoms with van der Waals surface area (Å²) in [6.45, 7) is 10.9. The first kappa shape index (κ1) is 25.8. The van der Waals surface area contributed by atoms with E-state index in [1.54, 1.807) is 34.7 Å². The number of nitrogens with zero attached hydrogens (tertiary/aromatic N) is 3. The predicted octanol–water partition coefficient (Wildman–Crippen LogP) is 2.79. The molecule has 1 aromatic rings. The van der Waals surface area contributed by atoms with E-state index < -0.39 is 11.7 Å². The molecule has 0 unspecified atom stereocenters. The molecule has 2 aliphatic heterocycles. The molecular formula is C25H38N4O5. The van der Waals surface area contributed by atoms with Gasteiger partial charge >= 0.3 is 6.09 Å². The van der Waals surface area contributed by atoms with Crippen molar-refractivity contribution in [2.45, 2.75) is 71.6 Å². The van der Waals surface area contributed by atoms with Gasteiger partial charge in [0.1, 0.15) is 11.4 Å². The number of hydrogen-bond acceptors (Lipinski definition) is 6. The van der Waals surface area contributed by atoms with Gasteiger partial charge in [-0.15, -0.1) is 0 Å². The monoisotopic (exact) mass is 474 g/mol. The van der Waals surface area contributed by atoms with E-state index in [0.29, 0.717) is 49.6 Å². The third-order valence-electron chi connectivity index (χ3n) is 6.27. The summed E-state index contributed by atoms with van der Waals surface area (Å²) in [5.41, 5.74) is 7.13. The molecule has 0 saturated carbocycles. The van der Waals surface area contributed by atoms with E-state index in [1.807, 2.05) is 33.8 Å². The fourth-order valence-corrected chi connectivity index (χ4v) is 4.47. The minimum Gasteiger partial charge on any atom is -0.479 e. The van der Waals surface area contributed by atoms with E-state index in [4.69, 9.17) is 15.2 Å². The molecule has 1 aromatic carbocycles. The van der Waals surface area contributed by atoms with E-state index in [-0.39, 0.29) is 23.9 Å². The molecule has 1 fully saturated rings. The average Bonchev–Trinajstić information content (AvgIpc) is 2.79. The Morgan fingerprint density at radius 1 is 1.29 bits per heavy atom. The van der Waals surface area contributed by atoms with Crippen LogP contribution in [-0.4, -0.2) is 78.7 Å². The fourth-order valence-electron chi connectivity index (χ4n) is 4.47. The van der Waals surface area contributed by atoms with Gasteiger partial charge in [-0.1, -0.05) is 6.92 Å². The van der Waals surface area contributed by atoms with Gasteiger partial charge < -0.3 is 29.9 Å². The molecule has 0 aliphatic carbocycles. The van der Waals surface area contributed by atoms with Crippen LogP contribution in [0, 0.1) is 0 Å². The number of carbonyl (C=O) groups excluding carboxylic acids is 3. The summed E-state index contributed by atoms with van der Waals surface area (Å²) in [6.07, 6.45) is 1.26. The van der Waals surface area contributed by atoms with Crippen LogP contribution in [0.5, 0.6) is 5.75 Å². The lowest BCUT2D eigenvalue weighted by atomic mass is 9.98. The van der Waals surface area contributed by atoms with Crippen molar-refractivity contribution in [1.82, 2.24) is 9.80 Å². The number of hydrogen-bond donors (Lipinski definition) is 1. The first-order chi connectivity index (χ1) is 16.0. The smallest absolute Gasteiger partial charge is 0.410 e. The number of piperidine rings is 1. The maximum absolute atomic E-state index is 13.6. The van der Waals surface area contributed by atoms with Gasteiger partial charge in [0.2, 0.25) is 0 Å². The molecule has 2 N–H and O–H groups in total. The Bertz CT molecular complexity index is 942. The van der Waals surface area contributed by atoms with Crippen molar-refractivity contribution >= 4 is 23.6 Å². The largest absolute Gasteiger partial charge is 0.479 e. The van der Waals surface area contributed by atoms with Crippen molar-refractivity contribution in [2.24, 2.45) is 5.73 Å². The molecule has 9 nitrogen and oxygen atoms in total. The number of aryl methyl sites for hydroxylation is 1. The van der Waals surface area contributed by atoms with Crippen LogP contribution in [0.3, 0.4) is 0 Å². The van der Waals surface area contributed by atoms with Crippen molar-refractivity contribution in [3.8, 4) is 5.75 Å². The van der Waals surface area contributed by atoms with Gasteiger partial charge in [-0.05, 0) is 64.7 Å². The minimum atomic E-state index is -0.603. The van der Waals surface area contributed by atoms with E-state index in [1.165, 1.54) is 0 Å². The Kier molecular flexibility index (Phi) is 7.75. The number of fused-ring (bicyclic) bond motifs is 1. The highest BCUT2D eigenvalue weighted by Gasteiger charge is 2.35. The zero-order chi connectivity index (χ0) is 25.2. The van der Waals surface area contributed by atoms with Crippen molar-refractivity contribution in [3.05, 3.63) is 23.3 Å². The van der Waals surface area contributed by atoms with Gasteiger partial charge in [-0.2, -0.15) is 0 Å². The van der Waals surface area contributed by atoms with Crippen molar-refractivity contribution in [2.75, 3.05) is 38.1 Å². The lowest BCUT2D eigenvalue weighted by Gasteiger charge is -2.38. The van der Waals surface area contributed by atoms with Crippen molar-refractivity contribution < 1.29 is 23.9 Å². The summed E-state index contributed by atoms with van der Waals surface area (Å²) < 4.78 is 11.4. The minimum absolute atomic E-state index is 0.132. The summed E-state index contributed by atoms with van der Waals surface area (Å²) in [5, 5.41) is 0. The molecule has 188 valence electrons. The number of benzene rings is 1. The van der Waals surface area contributed by atoms with Gasteiger partial charge in [-0.25, -0.2) is 4.79 Å². The zero-order valence-corrected chi connectivity index (χ0v) is 21.2. The molecule has 34 heavy (non-hydrogen) atoms. The lowest BCUT2D eigenvalue weighted by Crippen LogP contribution is -2.51. The maximum atomic E-state index is 13.6. The molecular weight excluding hydrogens is 436 g/mol. The highest BCUT2D eigenvalue weighted by atomic mass is 16.6. The second-order valence-corrected chi connectivity index (χ2v) is 10.0. The number of rotatable bonds is 5. The summed E-state index contributed by atoms with van der Waals surface area (Å²) in [5.74, 6) is 0.272. The SMILES string of the molecule is CCc1cc2c(cc1C(=O)N(C)[C@@H]1CCCN(C(=O)OC(C)(C)C)C1)N(CCN)C(=O)[C@@H](C)O2. The van der Waals surface area contributed by atoms with Crippen LogP contribution in [0.15, 0.2) is 12.1 Å². The lowest BCUT2D eigenvalue weighted by molar-refractivity contribution is -0.125. The van der Waals surface area contributed by atoms with Crippen LogP contribution in [0.4, 0.5) is 10.5 Å². The number of carbonyl (C=O) groups is 3. The summed E-state index contributed by atoms with van der Waals surface area (Å²) >= 11 is 0. The van der Waals surface area contributed by atoms with Gasteiger partial charge in [0, 0.05) is 44.8 Å². The first-order valence-electron chi connectivity index (χ1n) is 12.1. The van der Waals surface area contributed by atoms with Crippen LogP contribution >= 0.6 is 0 Å². The summed E-state index contributed by atoms with van der Waals surface area (Å²) in [6, 6.07) is 3.48. The second-order valence-electron chi connectivity index (χ2n) is 10.0. The normalized spacial score (nSPS) is 20.5. The molecule has 0 aromatic heterocycles. The molecule has 0 radical (unpaired) electrons. The molecule has 0 spiro atoms. The molecule has 2 atom stereocenters. The Hall–Kier alpha value is -2.81. The van der Waals surface area contributed by atoms with Crippen molar-refractivity contribution in [3.63, 3.8) is 0 Å². The number of ether oxygens (including phenoxy) is 2. The van der Waals surface area contributed by atoms with Crippen LogP contribution < -0.4 is 15.4 Å². The zero-order valence-electron chi connectivity index (χ0n) is 21.2. The molecule has 1 saturated heterocycles. The molecule has 3 rings (SSSR count). The quantitative estimate of drug-likeness (QED) is 0.704. The molecule has 2 heterocycles. The highest BCUT2D eigenvalue weighted by molar-refractivity contribution is 6.03. The topological polar surface area (TPSA) is 105 Å². The fraction of sp³-hybridized carbons (Fsp3) is 0.640. The molecule has 3 amide bonds. The van der Waals surface area contributed by atoms with E-state index in [0.717, 1.165) is 18.4 Å². The standard InChI is InChI=1S/C25H38N4O5/c1-7-17-13-21-20(29(12-10-26)22(30)16(2)33-21)14-19(17)23(31)27(6)18-9-8-11-28(15-18)24(32)34-25(3,4)5/h13-14,16,18H,7-12,15,26H2,1-6H3/t16-,18-/m1/s1. The van der Waals surface area contributed by atoms with Crippen LogP contribution in [0.1, 0.15) is 63.4 Å². The maximum Gasteiger partial charge on any atom is 0.410 e. The molecule has 2 aliphatic rings. The molecule has 9 heteroatoms. The summed E-state index contributed by atoms with van der Waals surface area (Å²) in [4.78, 5) is 43.9. The second kappa shape index (κ2) is 10.2. The highest BCUT2D eigenvalue weighted by Crippen LogP contribution is 2.37. The van der Waals surface area contributed by atoms with Crippen molar-refractivity contribution in [1.29, 1.82) is 0 Å². The third kappa shape index (κ3) is 5.46. The Labute approximate surface area is 202 Å². The Morgan fingerprint density at radius 3 is 2.62 bits per heavy atom. The van der Waals surface area contributed by atoms with Crippen LogP contribution in [0.2, 0.25) is 0 Å². The van der Waals surface area contributed by atoms with E-state index in [9.17, 15) is 14.4 Å². The third-order valence-corrected chi connectivity index (χ3v) is 6.27. The van der Waals surface area contributed by atoms with E-state index >= 15 is 0 Å². The van der Waals surface area contributed by atoms with Crippen LogP contribution in [-0.2, 0) is 16.0 Å². The number of likely N-dealkylation sites (tertiary alicyclic amines) is 1. The first-order valence-corrected chi connectivity index (χ1v) is 12.1. The molecule has 0 bridgehead atoms. The predicted molar refractivity (Wildman–Crippen MR) is 130 cm³/mol. The number of anilines is 1. The van der Waals surface area contributed by atoms with Gasteiger partial charge in [-0.3, -0.25) is 9.59 Å². The van der Waals surface area contributed by atoms with Gasteiger partial charge in [0.15, 0.2) is 6.10 Å². The Balaban J connectivity index is 1.86. The van der Waals surface area contributed by atoms with Gasteiger partial charge in [0.05, 0.1) is 5.69 Å². The van der Waals surface area contributed by atoms with Crippen LogP contribution in [0.25, 0.3) is 0 Å². The number of amides is 3. The number of nitrogens with two attached hydrogens (primary N) is 1. The van der Waals surface area contributed by atoms with Gasteiger partial charge in [0.25, 0.3) is 11.8 Å². The number of likely N-dealkylation sites (N-methyl/N-ethyl adjacent to an activating group) is 1. The Morgan fingerprint density at radius 2 is 2.00 bits per heavy atom. The average molecular weight is 475 g/mol. The summed E-state index contributed by atoms with van der Waals surface area (Å²) in [7, 11) is 1.77. The van der Waals surface area contributed by atoms with E-state index in [2.05, 4.69) is 0 Å².